The van der Waals surface area contributed by atoms with Gasteiger partial charge in [0, 0.05) is 11.6 Å². The molecule has 1 atom stereocenters. The number of nitrogens with zero attached hydrogens (tertiary/aromatic N) is 1. The molecule has 2 N–H and O–H groups in total. The first kappa shape index (κ1) is 18.9. The Morgan fingerprint density at radius 1 is 1.16 bits per heavy atom. The van der Waals surface area contributed by atoms with Crippen molar-refractivity contribution >= 4 is 0 Å². The van der Waals surface area contributed by atoms with Crippen LogP contribution in [0, 0.1) is 5.92 Å². The quantitative estimate of drug-likeness (QED) is 0.607. The lowest BCUT2D eigenvalue weighted by atomic mass is 9.90. The van der Waals surface area contributed by atoms with Gasteiger partial charge in [0.15, 0.2) is 0 Å². The van der Waals surface area contributed by atoms with E-state index in [9.17, 15) is 5.11 Å². The zero-order valence-electron chi connectivity index (χ0n) is 14.0. The number of aliphatic hydroxyl groups is 1. The predicted octanol–water partition coefficient (Wildman–Crippen LogP) is 2.88. The fraction of sp³-hybridized carbons (Fsp3) is 1.00. The molecule has 0 heterocycles. The van der Waals surface area contributed by atoms with E-state index in [1.165, 1.54) is 13.0 Å². The molecular formula is C16H36N2O. The average molecular weight is 272 g/mol. The number of nitrogens with one attached hydrogen (secondary N) is 1. The van der Waals surface area contributed by atoms with Gasteiger partial charge in [0.2, 0.25) is 0 Å². The van der Waals surface area contributed by atoms with Crippen molar-refractivity contribution in [1.82, 2.24) is 10.2 Å². The highest BCUT2D eigenvalue weighted by Crippen LogP contribution is 2.18. The summed E-state index contributed by atoms with van der Waals surface area (Å²) >= 11 is 0. The Bertz CT molecular complexity index is 213. The third-order valence-electron chi connectivity index (χ3n) is 3.86. The van der Waals surface area contributed by atoms with Crippen LogP contribution in [0.2, 0.25) is 0 Å². The molecule has 0 aliphatic heterocycles. The van der Waals surface area contributed by atoms with Crippen molar-refractivity contribution in [3.8, 4) is 0 Å². The highest BCUT2D eigenvalue weighted by Gasteiger charge is 2.27. The molecule has 3 heteroatoms. The van der Waals surface area contributed by atoms with Gasteiger partial charge in [-0.1, -0.05) is 34.6 Å². The Morgan fingerprint density at radius 2 is 1.79 bits per heavy atom. The predicted molar refractivity (Wildman–Crippen MR) is 84.6 cm³/mol. The average Bonchev–Trinajstić information content (AvgIpc) is 2.34. The highest BCUT2D eigenvalue weighted by atomic mass is 16.3. The van der Waals surface area contributed by atoms with Gasteiger partial charge in [-0.15, -0.1) is 0 Å². The minimum absolute atomic E-state index is 0.0902. The summed E-state index contributed by atoms with van der Waals surface area (Å²) in [5.74, 6) is 0.775. The summed E-state index contributed by atoms with van der Waals surface area (Å²) in [7, 11) is 2.20. The van der Waals surface area contributed by atoms with Gasteiger partial charge < -0.3 is 15.3 Å². The normalized spacial score (nSPS) is 15.5. The van der Waals surface area contributed by atoms with E-state index >= 15 is 0 Å². The zero-order valence-corrected chi connectivity index (χ0v) is 14.0. The molecule has 0 saturated heterocycles. The lowest BCUT2D eigenvalue weighted by molar-refractivity contribution is 0.131. The summed E-state index contributed by atoms with van der Waals surface area (Å²) in [4.78, 5) is 2.41. The zero-order chi connectivity index (χ0) is 14.9. The topological polar surface area (TPSA) is 35.5 Å². The second kappa shape index (κ2) is 9.73. The molecule has 0 aliphatic rings. The maximum Gasteiger partial charge on any atom is 0.0613 e. The van der Waals surface area contributed by atoms with Crippen molar-refractivity contribution in [2.24, 2.45) is 5.92 Å². The molecular weight excluding hydrogens is 236 g/mol. The molecule has 0 aromatic heterocycles. The molecule has 0 amide bonds. The minimum atomic E-state index is -0.0902. The number of hydrogen-bond donors (Lipinski definition) is 2. The number of hydrogen-bond acceptors (Lipinski definition) is 3. The fourth-order valence-corrected chi connectivity index (χ4v) is 2.48. The molecule has 116 valence electrons. The van der Waals surface area contributed by atoms with E-state index in [0.717, 1.165) is 31.7 Å². The Kier molecular flexibility index (Phi) is 9.67. The van der Waals surface area contributed by atoms with Gasteiger partial charge >= 0.3 is 0 Å². The molecule has 0 rings (SSSR count). The Balaban J connectivity index is 4.05. The molecule has 0 aromatic carbocycles. The van der Waals surface area contributed by atoms with E-state index in [-0.39, 0.29) is 12.1 Å². The highest BCUT2D eigenvalue weighted by molar-refractivity contribution is 4.87. The van der Waals surface area contributed by atoms with Crippen LogP contribution < -0.4 is 5.32 Å². The van der Waals surface area contributed by atoms with Gasteiger partial charge in [-0.2, -0.15) is 0 Å². The van der Waals surface area contributed by atoms with Gasteiger partial charge in [-0.25, -0.2) is 0 Å². The van der Waals surface area contributed by atoms with E-state index in [1.807, 2.05) is 0 Å². The number of aliphatic hydroxyl groups excluding tert-OH is 1. The number of rotatable bonds is 11. The van der Waals surface area contributed by atoms with Gasteiger partial charge in [-0.3, -0.25) is 0 Å². The van der Waals surface area contributed by atoms with Crippen molar-refractivity contribution < 1.29 is 5.11 Å². The first-order valence-electron chi connectivity index (χ1n) is 7.92. The summed E-state index contributed by atoms with van der Waals surface area (Å²) in [6, 6.07) is 0.422. The maximum atomic E-state index is 9.69. The third-order valence-corrected chi connectivity index (χ3v) is 3.86. The van der Waals surface area contributed by atoms with Crippen LogP contribution in [0.4, 0.5) is 0 Å². The van der Waals surface area contributed by atoms with Crippen molar-refractivity contribution in [2.75, 3.05) is 26.7 Å². The van der Waals surface area contributed by atoms with Crippen LogP contribution in [0.1, 0.15) is 60.3 Å². The minimum Gasteiger partial charge on any atom is -0.394 e. The van der Waals surface area contributed by atoms with E-state index in [2.05, 4.69) is 51.9 Å². The van der Waals surface area contributed by atoms with Gasteiger partial charge in [0.25, 0.3) is 0 Å². The van der Waals surface area contributed by atoms with Crippen LogP contribution in [0.15, 0.2) is 0 Å². The standard InChI is InChI=1S/C16H36N2O/c1-7-16(13-19,17-15(4)5)10-8-11-18(6)12-9-14(2)3/h14-15,17,19H,7-13H2,1-6H3. The summed E-state index contributed by atoms with van der Waals surface area (Å²) in [5.41, 5.74) is -0.0902. The Labute approximate surface area is 120 Å². The van der Waals surface area contributed by atoms with Crippen LogP contribution in [0.3, 0.4) is 0 Å². The van der Waals surface area contributed by atoms with Crippen LogP contribution in [-0.2, 0) is 0 Å². The molecule has 0 bridgehead atoms. The van der Waals surface area contributed by atoms with E-state index < -0.39 is 0 Å². The summed E-state index contributed by atoms with van der Waals surface area (Å²) in [6.45, 7) is 13.5. The second-order valence-electron chi connectivity index (χ2n) is 6.68. The van der Waals surface area contributed by atoms with Crippen LogP contribution in [0.25, 0.3) is 0 Å². The summed E-state index contributed by atoms with van der Waals surface area (Å²) in [5, 5.41) is 13.2. The molecule has 1 unspecified atom stereocenters. The molecule has 0 radical (unpaired) electrons. The largest absolute Gasteiger partial charge is 0.394 e. The van der Waals surface area contributed by atoms with E-state index in [0.29, 0.717) is 6.04 Å². The van der Waals surface area contributed by atoms with E-state index in [1.54, 1.807) is 0 Å². The maximum absolute atomic E-state index is 9.69. The molecule has 0 aromatic rings. The van der Waals surface area contributed by atoms with Crippen LogP contribution >= 0.6 is 0 Å². The van der Waals surface area contributed by atoms with Gasteiger partial charge in [0.1, 0.15) is 0 Å². The fourth-order valence-electron chi connectivity index (χ4n) is 2.48. The molecule has 19 heavy (non-hydrogen) atoms. The Hall–Kier alpha value is -0.120. The third kappa shape index (κ3) is 8.61. The second-order valence-corrected chi connectivity index (χ2v) is 6.68. The Morgan fingerprint density at radius 3 is 2.21 bits per heavy atom. The van der Waals surface area contributed by atoms with Crippen LogP contribution in [0.5, 0.6) is 0 Å². The lowest BCUT2D eigenvalue weighted by Crippen LogP contribution is -2.51. The monoisotopic (exact) mass is 272 g/mol. The van der Waals surface area contributed by atoms with Crippen molar-refractivity contribution in [3.63, 3.8) is 0 Å². The summed E-state index contributed by atoms with van der Waals surface area (Å²) in [6.07, 6.45) is 4.43. The molecule has 0 spiro atoms. The molecule has 0 aliphatic carbocycles. The molecule has 0 saturated carbocycles. The van der Waals surface area contributed by atoms with Gasteiger partial charge in [-0.05, 0) is 51.7 Å². The summed E-state index contributed by atoms with van der Waals surface area (Å²) < 4.78 is 0. The smallest absolute Gasteiger partial charge is 0.0613 e. The first-order chi connectivity index (χ1) is 8.85. The lowest BCUT2D eigenvalue weighted by Gasteiger charge is -2.35. The van der Waals surface area contributed by atoms with E-state index in [4.69, 9.17) is 0 Å². The molecule has 0 fully saturated rings. The van der Waals surface area contributed by atoms with Crippen LogP contribution in [-0.4, -0.2) is 48.3 Å². The van der Waals surface area contributed by atoms with Crippen molar-refractivity contribution in [3.05, 3.63) is 0 Å². The van der Waals surface area contributed by atoms with Gasteiger partial charge in [0.05, 0.1) is 6.61 Å². The SMILES string of the molecule is CCC(CO)(CCCN(C)CCC(C)C)NC(C)C. The molecule has 3 nitrogen and oxygen atoms in total. The first-order valence-corrected chi connectivity index (χ1v) is 7.92. The van der Waals surface area contributed by atoms with Crippen molar-refractivity contribution in [1.29, 1.82) is 0 Å². The van der Waals surface area contributed by atoms with Crippen molar-refractivity contribution in [2.45, 2.75) is 71.9 Å².